The fourth-order valence-electron chi connectivity index (χ4n) is 2.74. The Morgan fingerprint density at radius 1 is 1.04 bits per heavy atom. The summed E-state index contributed by atoms with van der Waals surface area (Å²) < 4.78 is 1.68. The second kappa shape index (κ2) is 7.92. The molecule has 4 rings (SSSR count). The van der Waals surface area contributed by atoms with E-state index >= 15 is 0 Å². The predicted octanol–water partition coefficient (Wildman–Crippen LogP) is 4.71. The third kappa shape index (κ3) is 3.95. The van der Waals surface area contributed by atoms with Crippen LogP contribution in [0, 0.1) is 0 Å². The number of nitrogens with one attached hydrogen (secondary N) is 1. The minimum Gasteiger partial charge on any atom is -0.294 e. The lowest BCUT2D eigenvalue weighted by Gasteiger charge is -2.02. The standard InChI is InChI=1S/C20H15ClN4O2S/c21-15-8-6-13(7-9-15)16-12-28-20-23-19(24-25(16)20)22-18(27)11-10-17(26)14-4-2-1-3-5-14/h1-9,12H,10-11H2,(H,22,24,27). The van der Waals surface area contributed by atoms with Crippen LogP contribution < -0.4 is 5.32 Å². The molecule has 1 N–H and O–H groups in total. The van der Waals surface area contributed by atoms with Crippen molar-refractivity contribution in [2.24, 2.45) is 0 Å². The molecule has 0 saturated carbocycles. The van der Waals surface area contributed by atoms with Gasteiger partial charge in [-0.2, -0.15) is 4.98 Å². The molecule has 2 heterocycles. The molecule has 4 aromatic rings. The van der Waals surface area contributed by atoms with Crippen molar-refractivity contribution in [3.05, 3.63) is 70.6 Å². The Kier molecular flexibility index (Phi) is 5.18. The predicted molar refractivity (Wildman–Crippen MR) is 110 cm³/mol. The third-order valence-electron chi connectivity index (χ3n) is 4.15. The first kappa shape index (κ1) is 18.3. The molecule has 2 aromatic heterocycles. The number of amides is 1. The van der Waals surface area contributed by atoms with Gasteiger partial charge in [-0.3, -0.25) is 14.9 Å². The van der Waals surface area contributed by atoms with Gasteiger partial charge in [-0.15, -0.1) is 16.4 Å². The van der Waals surface area contributed by atoms with Crippen LogP contribution in [-0.4, -0.2) is 26.3 Å². The van der Waals surface area contributed by atoms with E-state index in [1.54, 1.807) is 28.8 Å². The molecule has 28 heavy (non-hydrogen) atoms. The Labute approximate surface area is 169 Å². The van der Waals surface area contributed by atoms with Crippen molar-refractivity contribution in [2.75, 3.05) is 5.32 Å². The fourth-order valence-corrected chi connectivity index (χ4v) is 3.69. The number of hydrogen-bond donors (Lipinski definition) is 1. The van der Waals surface area contributed by atoms with Gasteiger partial charge in [0.2, 0.25) is 16.8 Å². The molecule has 140 valence electrons. The van der Waals surface area contributed by atoms with E-state index in [1.807, 2.05) is 35.7 Å². The van der Waals surface area contributed by atoms with Crippen molar-refractivity contribution < 1.29 is 9.59 Å². The molecule has 0 spiro atoms. The molecule has 0 atom stereocenters. The molecule has 8 heteroatoms. The molecule has 0 fully saturated rings. The molecule has 1 amide bonds. The monoisotopic (exact) mass is 410 g/mol. The molecule has 0 aliphatic carbocycles. The van der Waals surface area contributed by atoms with Crippen LogP contribution in [0.5, 0.6) is 0 Å². The Morgan fingerprint density at radius 2 is 1.79 bits per heavy atom. The van der Waals surface area contributed by atoms with Gasteiger partial charge in [0, 0.05) is 34.4 Å². The van der Waals surface area contributed by atoms with Crippen molar-refractivity contribution in [3.8, 4) is 11.3 Å². The van der Waals surface area contributed by atoms with Gasteiger partial charge in [0.25, 0.3) is 0 Å². The first-order chi connectivity index (χ1) is 13.6. The number of ketones is 1. The van der Waals surface area contributed by atoms with Gasteiger partial charge in [-0.25, -0.2) is 4.52 Å². The highest BCUT2D eigenvalue weighted by Crippen LogP contribution is 2.27. The van der Waals surface area contributed by atoms with E-state index in [0.29, 0.717) is 15.5 Å². The van der Waals surface area contributed by atoms with Crippen LogP contribution >= 0.6 is 22.9 Å². The van der Waals surface area contributed by atoms with Crippen LogP contribution in [0.3, 0.4) is 0 Å². The Hall–Kier alpha value is -3.03. The van der Waals surface area contributed by atoms with Crippen molar-refractivity contribution in [3.63, 3.8) is 0 Å². The number of hydrogen-bond acceptors (Lipinski definition) is 5. The van der Waals surface area contributed by atoms with Gasteiger partial charge in [0.05, 0.1) is 5.69 Å². The van der Waals surface area contributed by atoms with Crippen LogP contribution in [0.25, 0.3) is 16.2 Å². The first-order valence-corrected chi connectivity index (χ1v) is 9.84. The average molecular weight is 411 g/mol. The van der Waals surface area contributed by atoms with E-state index in [9.17, 15) is 9.59 Å². The van der Waals surface area contributed by atoms with E-state index in [4.69, 9.17) is 11.6 Å². The number of nitrogens with zero attached hydrogens (tertiary/aromatic N) is 3. The topological polar surface area (TPSA) is 76.4 Å². The summed E-state index contributed by atoms with van der Waals surface area (Å²) in [4.78, 5) is 29.3. The molecule has 0 aliphatic heterocycles. The Morgan fingerprint density at radius 3 is 2.54 bits per heavy atom. The lowest BCUT2D eigenvalue weighted by Crippen LogP contribution is -2.14. The first-order valence-electron chi connectivity index (χ1n) is 8.58. The van der Waals surface area contributed by atoms with Gasteiger partial charge in [0.15, 0.2) is 5.78 Å². The summed E-state index contributed by atoms with van der Waals surface area (Å²) in [7, 11) is 0. The number of carbonyl (C=O) groups excluding carboxylic acids is 2. The number of halogens is 1. The number of anilines is 1. The van der Waals surface area contributed by atoms with E-state index in [0.717, 1.165) is 11.3 Å². The number of thiazole rings is 1. The zero-order chi connectivity index (χ0) is 19.5. The summed E-state index contributed by atoms with van der Waals surface area (Å²) in [5, 5.41) is 9.63. The quantitative estimate of drug-likeness (QED) is 0.467. The summed E-state index contributed by atoms with van der Waals surface area (Å²) in [6.07, 6.45) is 0.207. The second-order valence-corrected chi connectivity index (χ2v) is 7.37. The molecule has 2 aromatic carbocycles. The van der Waals surface area contributed by atoms with Crippen molar-refractivity contribution in [2.45, 2.75) is 12.8 Å². The minimum absolute atomic E-state index is 0.0699. The zero-order valence-corrected chi connectivity index (χ0v) is 16.2. The van der Waals surface area contributed by atoms with Crippen molar-refractivity contribution >= 4 is 45.5 Å². The smallest absolute Gasteiger partial charge is 0.250 e. The maximum absolute atomic E-state index is 12.2. The summed E-state index contributed by atoms with van der Waals surface area (Å²) >= 11 is 7.37. The Balaban J connectivity index is 1.43. The second-order valence-electron chi connectivity index (χ2n) is 6.10. The summed E-state index contributed by atoms with van der Waals surface area (Å²) in [5.41, 5.74) is 2.42. The maximum Gasteiger partial charge on any atom is 0.250 e. The summed E-state index contributed by atoms with van der Waals surface area (Å²) in [6.45, 7) is 0. The minimum atomic E-state index is -0.296. The highest BCUT2D eigenvalue weighted by Gasteiger charge is 2.14. The van der Waals surface area contributed by atoms with Gasteiger partial charge in [-0.05, 0) is 12.1 Å². The largest absolute Gasteiger partial charge is 0.294 e. The number of fused-ring (bicyclic) bond motifs is 1. The van der Waals surface area contributed by atoms with Gasteiger partial charge >= 0.3 is 0 Å². The number of benzene rings is 2. The van der Waals surface area contributed by atoms with Crippen LogP contribution in [0.1, 0.15) is 23.2 Å². The lowest BCUT2D eigenvalue weighted by atomic mass is 10.1. The van der Waals surface area contributed by atoms with Crippen molar-refractivity contribution in [1.82, 2.24) is 14.6 Å². The lowest BCUT2D eigenvalue weighted by molar-refractivity contribution is -0.116. The highest BCUT2D eigenvalue weighted by molar-refractivity contribution is 7.15. The normalized spacial score (nSPS) is 10.9. The summed E-state index contributed by atoms with van der Waals surface area (Å²) in [5.74, 6) is -0.144. The van der Waals surface area contributed by atoms with Crippen LogP contribution in [0.4, 0.5) is 5.95 Å². The van der Waals surface area contributed by atoms with Gasteiger partial charge in [-0.1, -0.05) is 54.1 Å². The van der Waals surface area contributed by atoms with Crippen molar-refractivity contribution in [1.29, 1.82) is 0 Å². The highest BCUT2D eigenvalue weighted by atomic mass is 35.5. The van der Waals surface area contributed by atoms with Gasteiger partial charge in [0.1, 0.15) is 0 Å². The molecule has 0 aliphatic rings. The molecule has 6 nitrogen and oxygen atoms in total. The van der Waals surface area contributed by atoms with Crippen LogP contribution in [-0.2, 0) is 4.79 Å². The van der Waals surface area contributed by atoms with Gasteiger partial charge < -0.3 is 0 Å². The molecule has 0 radical (unpaired) electrons. The SMILES string of the molecule is O=C(CCC(=O)c1ccccc1)Nc1nc2scc(-c3ccc(Cl)cc3)n2n1. The number of carbonyl (C=O) groups is 2. The van der Waals surface area contributed by atoms with Crippen LogP contribution in [0.2, 0.25) is 5.02 Å². The molecule has 0 unspecified atom stereocenters. The van der Waals surface area contributed by atoms with E-state index in [-0.39, 0.29) is 30.5 Å². The molecular formula is C20H15ClN4O2S. The van der Waals surface area contributed by atoms with E-state index in [1.165, 1.54) is 11.3 Å². The zero-order valence-electron chi connectivity index (χ0n) is 14.6. The molecule has 0 saturated heterocycles. The summed E-state index contributed by atoms with van der Waals surface area (Å²) in [6, 6.07) is 16.3. The molecular weight excluding hydrogens is 396 g/mol. The average Bonchev–Trinajstić information content (AvgIpc) is 3.28. The Bertz CT molecular complexity index is 1140. The number of Topliss-reactive ketones (excluding diaryl/α,β-unsaturated/α-hetero) is 1. The van der Waals surface area contributed by atoms with E-state index in [2.05, 4.69) is 15.4 Å². The number of rotatable bonds is 6. The maximum atomic E-state index is 12.2. The number of aromatic nitrogens is 3. The fraction of sp³-hybridized carbons (Fsp3) is 0.100. The third-order valence-corrected chi connectivity index (χ3v) is 5.22. The van der Waals surface area contributed by atoms with Crippen LogP contribution in [0.15, 0.2) is 60.0 Å². The van der Waals surface area contributed by atoms with E-state index < -0.39 is 0 Å². The molecule has 0 bridgehead atoms.